The average molecular weight is 663 g/mol. The molecule has 0 fully saturated rings. The number of benzene rings is 8. The van der Waals surface area contributed by atoms with Crippen LogP contribution in [0.2, 0.25) is 0 Å². The van der Waals surface area contributed by atoms with Crippen molar-refractivity contribution >= 4 is 60.2 Å². The lowest BCUT2D eigenvalue weighted by Crippen LogP contribution is -2.06. The van der Waals surface area contributed by atoms with Gasteiger partial charge in [-0.2, -0.15) is 0 Å². The van der Waals surface area contributed by atoms with Crippen LogP contribution in [0.3, 0.4) is 0 Å². The zero-order valence-corrected chi connectivity index (χ0v) is 28.1. The second kappa shape index (κ2) is 11.2. The van der Waals surface area contributed by atoms with Crippen LogP contribution < -0.4 is 0 Å². The minimum atomic E-state index is 0.822. The summed E-state index contributed by atoms with van der Waals surface area (Å²) in [6, 6.07) is 65.1. The van der Waals surface area contributed by atoms with Crippen LogP contribution in [-0.2, 0) is 0 Å². The Bertz CT molecular complexity index is 3110. The van der Waals surface area contributed by atoms with E-state index >= 15 is 0 Å². The Morgan fingerprint density at radius 3 is 1.69 bits per heavy atom. The maximum Gasteiger partial charge on any atom is 0.221 e. The zero-order valence-electron chi connectivity index (χ0n) is 28.1. The first-order chi connectivity index (χ1) is 25.8. The van der Waals surface area contributed by atoms with Gasteiger partial charge in [0.2, 0.25) is 5.95 Å². The molecule has 0 bridgehead atoms. The van der Waals surface area contributed by atoms with Crippen molar-refractivity contribution in [2.45, 2.75) is 0 Å². The topological polar surface area (TPSA) is 35.1 Å². The zero-order chi connectivity index (χ0) is 34.2. The molecule has 0 saturated carbocycles. The number of hydrogen-bond acceptors (Lipinski definition) is 2. The van der Waals surface area contributed by atoms with Crippen LogP contribution >= 0.6 is 0 Å². The fraction of sp³-hybridized carbons (Fsp3) is 0. The summed E-state index contributed by atoms with van der Waals surface area (Å²) in [5.41, 5.74) is 13.1. The molecule has 0 N–H and O–H groups in total. The predicted octanol–water partition coefficient (Wildman–Crippen LogP) is 12.3. The van der Waals surface area contributed by atoms with Crippen molar-refractivity contribution in [1.29, 1.82) is 0 Å². The summed E-state index contributed by atoms with van der Waals surface area (Å²) in [7, 11) is 0. The van der Waals surface area contributed by atoms with Crippen molar-refractivity contribution in [1.82, 2.24) is 18.9 Å². The van der Waals surface area contributed by atoms with Crippen molar-refractivity contribution in [2.75, 3.05) is 0 Å². The van der Waals surface area contributed by atoms with Crippen LogP contribution in [-0.4, -0.2) is 18.9 Å². The van der Waals surface area contributed by atoms with Gasteiger partial charge in [-0.15, -0.1) is 0 Å². The van der Waals surface area contributed by atoms with Gasteiger partial charge in [-0.3, -0.25) is 8.97 Å². The van der Waals surface area contributed by atoms with E-state index in [0.717, 1.165) is 44.6 Å². The van der Waals surface area contributed by atoms with Gasteiger partial charge in [0, 0.05) is 16.2 Å². The highest BCUT2D eigenvalue weighted by Gasteiger charge is 2.21. The number of imidazole rings is 1. The SMILES string of the molecule is c1ccc(-c2cc(-c3ccccc3)cc(-c3ccc4c(c3)c3c5ccccc5ccc3n4-c3nc4ccccc4c4nc5ccccc5n34)c2)cc1. The maximum absolute atomic E-state index is 5.41. The van der Waals surface area contributed by atoms with Crippen molar-refractivity contribution < 1.29 is 0 Å². The number of rotatable bonds is 4. The molecule has 0 aliphatic carbocycles. The van der Waals surface area contributed by atoms with Crippen LogP contribution in [0, 0.1) is 0 Å². The van der Waals surface area contributed by atoms with Crippen LogP contribution in [0.1, 0.15) is 0 Å². The minimum absolute atomic E-state index is 0.822. The second-order valence-electron chi connectivity index (χ2n) is 13.5. The quantitative estimate of drug-likeness (QED) is 0.188. The van der Waals surface area contributed by atoms with Gasteiger partial charge < -0.3 is 0 Å². The summed E-state index contributed by atoms with van der Waals surface area (Å²) in [5.74, 6) is 0.822. The molecule has 3 heterocycles. The molecule has 0 saturated heterocycles. The van der Waals surface area contributed by atoms with E-state index in [1.807, 2.05) is 6.07 Å². The lowest BCUT2D eigenvalue weighted by Gasteiger charge is -2.13. The third-order valence-corrected chi connectivity index (χ3v) is 10.5. The summed E-state index contributed by atoms with van der Waals surface area (Å²) >= 11 is 0. The van der Waals surface area contributed by atoms with Gasteiger partial charge in [0.25, 0.3) is 0 Å². The standard InChI is InChI=1S/C48H30N4/c1-3-13-31(14-4-1)35-27-36(32-15-5-2-6-16-32)29-37(28-35)34-24-25-43-40(30-34)46-38-18-8-7-17-33(38)23-26-45(46)51(43)48-50-41-20-10-9-19-39(41)47-49-42-21-11-12-22-44(42)52(47)48/h1-30H. The van der Waals surface area contributed by atoms with E-state index in [1.54, 1.807) is 0 Å². The molecule has 0 amide bonds. The fourth-order valence-electron chi connectivity index (χ4n) is 8.05. The third-order valence-electron chi connectivity index (χ3n) is 10.5. The minimum Gasteiger partial charge on any atom is -0.279 e. The summed E-state index contributed by atoms with van der Waals surface area (Å²) in [4.78, 5) is 10.6. The number of fused-ring (bicyclic) bond motifs is 10. The number of nitrogens with zero attached hydrogens (tertiary/aromatic N) is 4. The molecule has 0 atom stereocenters. The van der Waals surface area contributed by atoms with Crippen LogP contribution in [0.25, 0.3) is 99.5 Å². The van der Waals surface area contributed by atoms with Gasteiger partial charge in [-0.1, -0.05) is 121 Å². The molecule has 0 spiro atoms. The van der Waals surface area contributed by atoms with Gasteiger partial charge >= 0.3 is 0 Å². The fourth-order valence-corrected chi connectivity index (χ4v) is 8.05. The van der Waals surface area contributed by atoms with Gasteiger partial charge in [0.05, 0.1) is 27.6 Å². The van der Waals surface area contributed by atoms with Crippen molar-refractivity contribution in [3.8, 4) is 39.3 Å². The van der Waals surface area contributed by atoms with E-state index in [0.29, 0.717) is 0 Å². The Balaban J connectivity index is 1.24. The maximum atomic E-state index is 5.41. The first-order valence-corrected chi connectivity index (χ1v) is 17.7. The largest absolute Gasteiger partial charge is 0.279 e. The number of para-hydroxylation sites is 3. The monoisotopic (exact) mass is 662 g/mol. The highest BCUT2D eigenvalue weighted by atomic mass is 15.2. The van der Waals surface area contributed by atoms with E-state index < -0.39 is 0 Å². The van der Waals surface area contributed by atoms with Crippen molar-refractivity contribution in [3.05, 3.63) is 182 Å². The lowest BCUT2D eigenvalue weighted by atomic mass is 9.92. The Labute approximate surface area is 299 Å². The highest BCUT2D eigenvalue weighted by Crippen LogP contribution is 2.41. The first kappa shape index (κ1) is 28.8. The number of hydrogen-bond donors (Lipinski definition) is 0. The summed E-state index contributed by atoms with van der Waals surface area (Å²) in [5, 5.41) is 5.86. The normalized spacial score (nSPS) is 11.8. The Morgan fingerprint density at radius 2 is 0.942 bits per heavy atom. The molecule has 11 aromatic rings. The van der Waals surface area contributed by atoms with Crippen LogP contribution in [0.15, 0.2) is 182 Å². The van der Waals surface area contributed by atoms with Gasteiger partial charge in [-0.05, 0) is 105 Å². The molecule has 0 aliphatic rings. The molecule has 52 heavy (non-hydrogen) atoms. The summed E-state index contributed by atoms with van der Waals surface area (Å²) in [6.07, 6.45) is 0. The highest BCUT2D eigenvalue weighted by molar-refractivity contribution is 6.22. The van der Waals surface area contributed by atoms with Crippen molar-refractivity contribution in [2.24, 2.45) is 0 Å². The molecule has 3 aromatic heterocycles. The van der Waals surface area contributed by atoms with E-state index in [1.165, 1.54) is 54.9 Å². The molecule has 0 aliphatic heterocycles. The first-order valence-electron chi connectivity index (χ1n) is 17.7. The summed E-state index contributed by atoms with van der Waals surface area (Å²) in [6.45, 7) is 0. The van der Waals surface area contributed by atoms with Crippen LogP contribution in [0.4, 0.5) is 0 Å². The molecular formula is C48H30N4. The van der Waals surface area contributed by atoms with E-state index in [9.17, 15) is 0 Å². The van der Waals surface area contributed by atoms with Crippen LogP contribution in [0.5, 0.6) is 0 Å². The van der Waals surface area contributed by atoms with E-state index in [4.69, 9.17) is 9.97 Å². The number of aromatic nitrogens is 4. The van der Waals surface area contributed by atoms with Gasteiger partial charge in [-0.25, -0.2) is 9.97 Å². The molecule has 4 nitrogen and oxygen atoms in total. The summed E-state index contributed by atoms with van der Waals surface area (Å²) < 4.78 is 4.57. The van der Waals surface area contributed by atoms with Gasteiger partial charge in [0.15, 0.2) is 0 Å². The smallest absolute Gasteiger partial charge is 0.221 e. The van der Waals surface area contributed by atoms with Gasteiger partial charge in [0.1, 0.15) is 5.65 Å². The lowest BCUT2D eigenvalue weighted by molar-refractivity contribution is 0.980. The second-order valence-corrected chi connectivity index (χ2v) is 13.5. The molecule has 11 rings (SSSR count). The molecule has 0 unspecified atom stereocenters. The average Bonchev–Trinajstić information content (AvgIpc) is 3.78. The Kier molecular flexibility index (Phi) is 6.22. The molecule has 242 valence electrons. The van der Waals surface area contributed by atoms with Crippen molar-refractivity contribution in [3.63, 3.8) is 0 Å². The molecule has 4 heteroatoms. The van der Waals surface area contributed by atoms with E-state index in [-0.39, 0.29) is 0 Å². The predicted molar refractivity (Wildman–Crippen MR) is 216 cm³/mol. The van der Waals surface area contributed by atoms with E-state index in [2.05, 4.69) is 185 Å². The molecular weight excluding hydrogens is 633 g/mol. The third kappa shape index (κ3) is 4.34. The molecule has 8 aromatic carbocycles. The Morgan fingerprint density at radius 1 is 0.346 bits per heavy atom. The molecule has 0 radical (unpaired) electrons. The Hall–Kier alpha value is -7.04.